The molecule has 1 fully saturated rings. The number of rotatable bonds is 8. The lowest BCUT2D eigenvalue weighted by atomic mass is 10.2. The molecule has 31 heavy (non-hydrogen) atoms. The van der Waals surface area contributed by atoms with E-state index in [1.165, 1.54) is 29.2 Å². The summed E-state index contributed by atoms with van der Waals surface area (Å²) in [6.45, 7) is 0.756. The Morgan fingerprint density at radius 2 is 2.03 bits per heavy atom. The van der Waals surface area contributed by atoms with Crippen LogP contribution < -0.4 is 5.32 Å². The number of nitrogens with one attached hydrogen (secondary N) is 1. The molecule has 2 aromatic rings. The number of carbonyl (C=O) groups is 2. The van der Waals surface area contributed by atoms with Crippen LogP contribution in [0.15, 0.2) is 48.7 Å². The topological polar surface area (TPSA) is 115 Å². The fourth-order valence-corrected chi connectivity index (χ4v) is 3.73. The number of hydrogen-bond acceptors (Lipinski definition) is 7. The molecule has 3 rings (SSSR count). The van der Waals surface area contributed by atoms with E-state index in [4.69, 9.17) is 4.74 Å². The Kier molecular flexibility index (Phi) is 7.82. The average Bonchev–Trinajstić information content (AvgIpc) is 3.18. The number of thiol groups is 1. The minimum atomic E-state index is -0.637. The van der Waals surface area contributed by atoms with E-state index < -0.39 is 17.1 Å². The summed E-state index contributed by atoms with van der Waals surface area (Å²) in [5.41, 5.74) is 1.55. The molecule has 2 atom stereocenters. The number of likely N-dealkylation sites (tertiary alicyclic amines) is 1. The van der Waals surface area contributed by atoms with Crippen LogP contribution in [0.1, 0.15) is 24.1 Å². The van der Waals surface area contributed by atoms with Crippen LogP contribution in [-0.4, -0.2) is 51.2 Å². The first kappa shape index (κ1) is 22.5. The van der Waals surface area contributed by atoms with Crippen molar-refractivity contribution in [1.82, 2.24) is 15.2 Å². The number of hydrogen-bond donors (Lipinski definition) is 2. The van der Waals surface area contributed by atoms with E-state index in [9.17, 15) is 19.7 Å². The Labute approximate surface area is 185 Å². The molecule has 0 spiro atoms. The third-order valence-electron chi connectivity index (χ3n) is 4.96. The Morgan fingerprint density at radius 1 is 1.26 bits per heavy atom. The summed E-state index contributed by atoms with van der Waals surface area (Å²) in [4.78, 5) is 41.0. The predicted octanol–water partition coefficient (Wildman–Crippen LogP) is 2.75. The largest absolute Gasteiger partial charge is 0.445 e. The van der Waals surface area contributed by atoms with E-state index in [0.29, 0.717) is 25.1 Å². The van der Waals surface area contributed by atoms with Gasteiger partial charge in [0.25, 0.3) is 5.69 Å². The molecule has 0 aliphatic carbocycles. The van der Waals surface area contributed by atoms with Crippen LogP contribution in [0.2, 0.25) is 0 Å². The quantitative estimate of drug-likeness (QED) is 0.280. The maximum Gasteiger partial charge on any atom is 0.410 e. The summed E-state index contributed by atoms with van der Waals surface area (Å²) in [5, 5.41) is 13.5. The summed E-state index contributed by atoms with van der Waals surface area (Å²) in [7, 11) is 0. The molecule has 2 unspecified atom stereocenters. The van der Waals surface area contributed by atoms with E-state index in [0.717, 1.165) is 18.5 Å². The standard InChI is InChI=1S/C21H24N4O5S/c26-20(23-11-3-5-16-4-1-2-10-22-16)19-12-18(31)13-24(19)21(27)30-14-15-6-8-17(9-7-15)25(28)29/h1-2,4,6-10,18-19,31H,3,5,11-14H2,(H,23,26). The number of non-ortho nitro benzene ring substituents is 1. The van der Waals surface area contributed by atoms with Crippen molar-refractivity contribution in [2.75, 3.05) is 13.1 Å². The molecule has 2 amide bonds. The first-order chi connectivity index (χ1) is 14.9. The van der Waals surface area contributed by atoms with Crippen molar-refractivity contribution < 1.29 is 19.2 Å². The maximum absolute atomic E-state index is 12.6. The Balaban J connectivity index is 1.47. The summed E-state index contributed by atoms with van der Waals surface area (Å²) in [6, 6.07) is 10.8. The fourth-order valence-electron chi connectivity index (χ4n) is 3.35. The number of nitro benzene ring substituents is 1. The van der Waals surface area contributed by atoms with Crippen LogP contribution in [0, 0.1) is 10.1 Å². The monoisotopic (exact) mass is 444 g/mol. The predicted molar refractivity (Wildman–Crippen MR) is 117 cm³/mol. The van der Waals surface area contributed by atoms with Crippen molar-refractivity contribution >= 4 is 30.3 Å². The molecule has 1 aliphatic rings. The highest BCUT2D eigenvalue weighted by atomic mass is 32.1. The van der Waals surface area contributed by atoms with Gasteiger partial charge >= 0.3 is 6.09 Å². The zero-order valence-corrected chi connectivity index (χ0v) is 17.7. The van der Waals surface area contributed by atoms with Crippen molar-refractivity contribution in [2.24, 2.45) is 0 Å². The highest BCUT2D eigenvalue weighted by Crippen LogP contribution is 2.23. The summed E-state index contributed by atoms with van der Waals surface area (Å²) in [5.74, 6) is -0.232. The minimum Gasteiger partial charge on any atom is -0.445 e. The second kappa shape index (κ2) is 10.8. The first-order valence-electron chi connectivity index (χ1n) is 9.96. The zero-order chi connectivity index (χ0) is 22.2. The molecule has 10 heteroatoms. The minimum absolute atomic E-state index is 0.0349. The molecule has 1 aromatic carbocycles. The average molecular weight is 445 g/mol. The molecule has 1 aliphatic heterocycles. The second-order valence-corrected chi connectivity index (χ2v) is 7.98. The number of aromatic nitrogens is 1. The zero-order valence-electron chi connectivity index (χ0n) is 16.8. The van der Waals surface area contributed by atoms with Gasteiger partial charge in [-0.05, 0) is 49.1 Å². The number of carbonyl (C=O) groups excluding carboxylic acids is 2. The third-order valence-corrected chi connectivity index (χ3v) is 5.33. The Bertz CT molecular complexity index is 910. The number of nitrogens with zero attached hydrogens (tertiary/aromatic N) is 3. The third kappa shape index (κ3) is 6.42. The molecule has 9 nitrogen and oxygen atoms in total. The van der Waals surface area contributed by atoms with Gasteiger partial charge in [0.1, 0.15) is 12.6 Å². The van der Waals surface area contributed by atoms with E-state index in [2.05, 4.69) is 22.9 Å². The van der Waals surface area contributed by atoms with E-state index >= 15 is 0 Å². The maximum atomic E-state index is 12.6. The highest BCUT2D eigenvalue weighted by molar-refractivity contribution is 7.81. The number of aryl methyl sites for hydroxylation is 1. The summed E-state index contributed by atoms with van der Waals surface area (Å²) >= 11 is 4.42. The molecule has 1 N–H and O–H groups in total. The van der Waals surface area contributed by atoms with E-state index in [1.54, 1.807) is 6.20 Å². The van der Waals surface area contributed by atoms with Crippen LogP contribution in [0.25, 0.3) is 0 Å². The lowest BCUT2D eigenvalue weighted by Gasteiger charge is -2.23. The van der Waals surface area contributed by atoms with Crippen molar-refractivity contribution in [3.8, 4) is 0 Å². The van der Waals surface area contributed by atoms with Crippen molar-refractivity contribution in [3.63, 3.8) is 0 Å². The van der Waals surface area contributed by atoms with Gasteiger partial charge in [0.05, 0.1) is 4.92 Å². The molecular weight excluding hydrogens is 420 g/mol. The van der Waals surface area contributed by atoms with Gasteiger partial charge in [0.15, 0.2) is 0 Å². The van der Waals surface area contributed by atoms with Crippen molar-refractivity contribution in [2.45, 2.75) is 37.2 Å². The molecule has 0 bridgehead atoms. The van der Waals surface area contributed by atoms with Gasteiger partial charge in [0, 0.05) is 42.4 Å². The SMILES string of the molecule is O=C(NCCCc1ccccn1)C1CC(S)CN1C(=O)OCc1ccc([N+](=O)[O-])cc1. The molecular formula is C21H24N4O5S. The normalized spacial score (nSPS) is 17.9. The smallest absolute Gasteiger partial charge is 0.410 e. The lowest BCUT2D eigenvalue weighted by molar-refractivity contribution is -0.384. The van der Waals surface area contributed by atoms with Crippen LogP contribution >= 0.6 is 12.6 Å². The van der Waals surface area contributed by atoms with Crippen molar-refractivity contribution in [1.29, 1.82) is 0 Å². The molecule has 1 saturated heterocycles. The molecule has 0 radical (unpaired) electrons. The lowest BCUT2D eigenvalue weighted by Crippen LogP contribution is -2.46. The number of ether oxygens (including phenoxy) is 1. The van der Waals surface area contributed by atoms with Gasteiger partial charge in [-0.1, -0.05) is 6.07 Å². The van der Waals surface area contributed by atoms with Crippen LogP contribution in [0.5, 0.6) is 0 Å². The number of nitro groups is 1. The van der Waals surface area contributed by atoms with Gasteiger partial charge < -0.3 is 10.1 Å². The van der Waals surface area contributed by atoms with Gasteiger partial charge in [-0.15, -0.1) is 0 Å². The second-order valence-electron chi connectivity index (χ2n) is 7.25. The van der Waals surface area contributed by atoms with E-state index in [-0.39, 0.29) is 23.5 Å². The van der Waals surface area contributed by atoms with Gasteiger partial charge in [-0.3, -0.25) is 24.8 Å². The Hall–Kier alpha value is -3.14. The highest BCUT2D eigenvalue weighted by Gasteiger charge is 2.39. The first-order valence-corrected chi connectivity index (χ1v) is 10.5. The van der Waals surface area contributed by atoms with Gasteiger partial charge in [-0.2, -0.15) is 12.6 Å². The van der Waals surface area contributed by atoms with Crippen LogP contribution in [-0.2, 0) is 22.6 Å². The number of benzene rings is 1. The van der Waals surface area contributed by atoms with E-state index in [1.807, 2.05) is 18.2 Å². The van der Waals surface area contributed by atoms with Gasteiger partial charge in [-0.25, -0.2) is 4.79 Å². The fraction of sp³-hybridized carbons (Fsp3) is 0.381. The number of pyridine rings is 1. The van der Waals surface area contributed by atoms with Gasteiger partial charge in [0.2, 0.25) is 5.91 Å². The van der Waals surface area contributed by atoms with Crippen LogP contribution in [0.4, 0.5) is 10.5 Å². The number of amides is 2. The molecule has 0 saturated carbocycles. The molecule has 164 valence electrons. The van der Waals surface area contributed by atoms with Crippen molar-refractivity contribution in [3.05, 3.63) is 70.0 Å². The summed E-state index contributed by atoms with van der Waals surface area (Å²) in [6.07, 6.45) is 3.07. The van der Waals surface area contributed by atoms with Crippen LogP contribution in [0.3, 0.4) is 0 Å². The Morgan fingerprint density at radius 3 is 2.71 bits per heavy atom. The summed E-state index contributed by atoms with van der Waals surface area (Å²) < 4.78 is 5.32. The molecule has 2 heterocycles. The molecule has 1 aromatic heterocycles.